The third kappa shape index (κ3) is 2.42. The number of hydrogen-bond acceptors (Lipinski definition) is 4. The number of sulfonamides is 1. The molecule has 6 nitrogen and oxygen atoms in total. The first-order chi connectivity index (χ1) is 10.4. The summed E-state index contributed by atoms with van der Waals surface area (Å²) in [6.45, 7) is 0. The van der Waals surface area contributed by atoms with E-state index in [1.807, 2.05) is 0 Å². The predicted octanol–water partition coefficient (Wildman–Crippen LogP) is 2.06. The highest BCUT2D eigenvalue weighted by molar-refractivity contribution is 7.89. The molecule has 0 bridgehead atoms. The average Bonchev–Trinajstić information content (AvgIpc) is 2.93. The van der Waals surface area contributed by atoms with Gasteiger partial charge in [0.15, 0.2) is 0 Å². The van der Waals surface area contributed by atoms with Gasteiger partial charge in [-0.3, -0.25) is 0 Å². The van der Waals surface area contributed by atoms with Gasteiger partial charge < -0.3 is 10.3 Å². The third-order valence-electron chi connectivity index (χ3n) is 3.34. The number of rotatable bonds is 3. The number of anilines is 1. The van der Waals surface area contributed by atoms with Crippen LogP contribution in [0.4, 0.5) is 10.2 Å². The quantitative estimate of drug-likeness (QED) is 0.687. The lowest BCUT2D eigenvalue weighted by atomic mass is 10.0. The molecule has 0 saturated carbocycles. The molecule has 2 aromatic heterocycles. The summed E-state index contributed by atoms with van der Waals surface area (Å²) in [7, 11) is -2.23. The number of nitrogens with zero attached hydrogens (tertiary/aromatic N) is 1. The Morgan fingerprint density at radius 1 is 1.23 bits per heavy atom. The van der Waals surface area contributed by atoms with Crippen molar-refractivity contribution in [1.29, 1.82) is 0 Å². The minimum absolute atomic E-state index is 0.262. The molecule has 4 N–H and O–H groups in total. The largest absolute Gasteiger partial charge is 0.373 e. The smallest absolute Gasteiger partial charge is 0.238 e. The zero-order valence-electron chi connectivity index (χ0n) is 11.6. The number of H-pyrrole nitrogens is 1. The Balaban J connectivity index is 2.25. The summed E-state index contributed by atoms with van der Waals surface area (Å²) in [6.07, 6.45) is 1.71. The Bertz CT molecular complexity index is 966. The normalized spacial score (nSPS) is 11.8. The molecule has 2 heterocycles. The van der Waals surface area contributed by atoms with Crippen LogP contribution in [-0.4, -0.2) is 25.4 Å². The Labute approximate surface area is 126 Å². The lowest BCUT2D eigenvalue weighted by molar-refractivity contribution is 0.593. The number of nitrogens with two attached hydrogens (primary N) is 1. The number of hydrogen-bond donors (Lipinski definition) is 3. The predicted molar refractivity (Wildman–Crippen MR) is 82.4 cm³/mol. The highest BCUT2D eigenvalue weighted by atomic mass is 32.2. The molecule has 0 aliphatic rings. The van der Waals surface area contributed by atoms with Gasteiger partial charge in [0.05, 0.1) is 4.90 Å². The molecule has 0 saturated heterocycles. The maximum Gasteiger partial charge on any atom is 0.238 e. The van der Waals surface area contributed by atoms with Crippen LogP contribution in [0.5, 0.6) is 0 Å². The zero-order valence-corrected chi connectivity index (χ0v) is 12.4. The molecular formula is C14H13FN4O2S. The van der Waals surface area contributed by atoms with Crippen LogP contribution in [0.1, 0.15) is 0 Å². The number of fused-ring (bicyclic) bond motifs is 1. The molecule has 22 heavy (non-hydrogen) atoms. The first-order valence-electron chi connectivity index (χ1n) is 6.39. The second kappa shape index (κ2) is 5.08. The van der Waals surface area contributed by atoms with Crippen molar-refractivity contribution in [2.75, 3.05) is 12.4 Å². The van der Waals surface area contributed by atoms with Crippen molar-refractivity contribution in [2.24, 2.45) is 5.14 Å². The van der Waals surface area contributed by atoms with Crippen LogP contribution in [-0.2, 0) is 10.0 Å². The molecule has 1 aromatic carbocycles. The maximum absolute atomic E-state index is 14.4. The van der Waals surface area contributed by atoms with Crippen molar-refractivity contribution < 1.29 is 12.8 Å². The van der Waals surface area contributed by atoms with Crippen LogP contribution in [0.15, 0.2) is 41.4 Å². The number of pyridine rings is 1. The van der Waals surface area contributed by atoms with Crippen molar-refractivity contribution in [1.82, 2.24) is 9.97 Å². The number of primary sulfonamides is 1. The summed E-state index contributed by atoms with van der Waals surface area (Å²) in [4.78, 5) is 7.03. The number of nitrogens with one attached hydrogen (secondary N) is 2. The minimum atomic E-state index is -3.94. The standard InChI is InChI=1S/C14H13FN4O2S/c1-17-13-7-11(10-4-5-18-14(10)19-13)9-3-2-8(6-12(9)15)22(16,20)21/h2-7H,1H3,(H2,16,20,21)(H2,17,18,19). The van der Waals surface area contributed by atoms with Gasteiger partial charge in [0, 0.05) is 24.2 Å². The van der Waals surface area contributed by atoms with E-state index in [4.69, 9.17) is 5.14 Å². The van der Waals surface area contributed by atoms with Gasteiger partial charge in [0.2, 0.25) is 10.0 Å². The minimum Gasteiger partial charge on any atom is -0.373 e. The summed E-state index contributed by atoms with van der Waals surface area (Å²) < 4.78 is 36.9. The monoisotopic (exact) mass is 320 g/mol. The van der Waals surface area contributed by atoms with Crippen molar-refractivity contribution in [3.63, 3.8) is 0 Å². The van der Waals surface area contributed by atoms with Crippen LogP contribution in [0.3, 0.4) is 0 Å². The van der Waals surface area contributed by atoms with E-state index in [1.165, 1.54) is 12.1 Å². The molecule has 3 aromatic rings. The van der Waals surface area contributed by atoms with Gasteiger partial charge in [-0.1, -0.05) is 6.07 Å². The van der Waals surface area contributed by atoms with E-state index in [9.17, 15) is 12.8 Å². The van der Waals surface area contributed by atoms with Gasteiger partial charge in [-0.2, -0.15) is 0 Å². The zero-order chi connectivity index (χ0) is 15.9. The van der Waals surface area contributed by atoms with Gasteiger partial charge in [-0.05, 0) is 29.8 Å². The molecule has 0 radical (unpaired) electrons. The molecule has 0 atom stereocenters. The molecule has 0 fully saturated rings. The molecule has 8 heteroatoms. The molecule has 0 amide bonds. The second-order valence-corrected chi connectivity index (χ2v) is 6.29. The highest BCUT2D eigenvalue weighted by Crippen LogP contribution is 2.32. The highest BCUT2D eigenvalue weighted by Gasteiger charge is 2.15. The van der Waals surface area contributed by atoms with Crippen molar-refractivity contribution in [3.8, 4) is 11.1 Å². The topological polar surface area (TPSA) is 101 Å². The van der Waals surface area contributed by atoms with Gasteiger partial charge >= 0.3 is 0 Å². The fourth-order valence-electron chi connectivity index (χ4n) is 2.28. The van der Waals surface area contributed by atoms with Crippen LogP contribution in [0.2, 0.25) is 0 Å². The summed E-state index contributed by atoms with van der Waals surface area (Å²) in [5.74, 6) is -0.0952. The van der Waals surface area contributed by atoms with E-state index in [1.54, 1.807) is 25.4 Å². The van der Waals surface area contributed by atoms with E-state index in [0.29, 0.717) is 17.0 Å². The molecule has 3 rings (SSSR count). The van der Waals surface area contributed by atoms with E-state index >= 15 is 0 Å². The number of halogens is 1. The fraction of sp³-hybridized carbons (Fsp3) is 0.0714. The lowest BCUT2D eigenvalue weighted by Crippen LogP contribution is -2.12. The van der Waals surface area contributed by atoms with Crippen molar-refractivity contribution in [3.05, 3.63) is 42.3 Å². The second-order valence-electron chi connectivity index (χ2n) is 4.73. The number of aromatic amines is 1. The maximum atomic E-state index is 14.4. The Morgan fingerprint density at radius 2 is 2.00 bits per heavy atom. The summed E-state index contributed by atoms with van der Waals surface area (Å²) in [6, 6.07) is 7.08. The lowest BCUT2D eigenvalue weighted by Gasteiger charge is -2.09. The van der Waals surface area contributed by atoms with Gasteiger partial charge in [0.1, 0.15) is 17.3 Å². The SMILES string of the molecule is CNc1cc(-c2ccc(S(N)(=O)=O)cc2F)c2cc[nH]c2n1. The Morgan fingerprint density at radius 3 is 2.64 bits per heavy atom. The molecule has 0 unspecified atom stereocenters. The van der Waals surface area contributed by atoms with Crippen LogP contribution in [0.25, 0.3) is 22.2 Å². The molecule has 114 valence electrons. The van der Waals surface area contributed by atoms with Crippen molar-refractivity contribution >= 4 is 26.9 Å². The third-order valence-corrected chi connectivity index (χ3v) is 4.26. The molecule has 0 aliphatic heterocycles. The van der Waals surface area contributed by atoms with Gasteiger partial charge in [-0.15, -0.1) is 0 Å². The van der Waals surface area contributed by atoms with Crippen LogP contribution < -0.4 is 10.5 Å². The molecular weight excluding hydrogens is 307 g/mol. The van der Waals surface area contributed by atoms with E-state index in [-0.39, 0.29) is 10.5 Å². The van der Waals surface area contributed by atoms with E-state index < -0.39 is 15.8 Å². The summed E-state index contributed by atoms with van der Waals surface area (Å²) in [5, 5.41) is 8.66. The first kappa shape index (κ1) is 14.5. The van der Waals surface area contributed by atoms with E-state index in [2.05, 4.69) is 15.3 Å². The average molecular weight is 320 g/mol. The first-order valence-corrected chi connectivity index (χ1v) is 7.93. The Hall–Kier alpha value is -2.45. The van der Waals surface area contributed by atoms with Crippen LogP contribution >= 0.6 is 0 Å². The van der Waals surface area contributed by atoms with Gasteiger partial charge in [-0.25, -0.2) is 22.9 Å². The number of aromatic nitrogens is 2. The van der Waals surface area contributed by atoms with Crippen LogP contribution in [0, 0.1) is 5.82 Å². The molecule has 0 aliphatic carbocycles. The summed E-state index contributed by atoms with van der Waals surface area (Å²) in [5.41, 5.74) is 1.49. The molecule has 0 spiro atoms. The fourth-order valence-corrected chi connectivity index (χ4v) is 2.81. The number of benzene rings is 1. The Kier molecular flexibility index (Phi) is 3.34. The van der Waals surface area contributed by atoms with E-state index in [0.717, 1.165) is 11.5 Å². The van der Waals surface area contributed by atoms with Gasteiger partial charge in [0.25, 0.3) is 0 Å². The summed E-state index contributed by atoms with van der Waals surface area (Å²) >= 11 is 0. The van der Waals surface area contributed by atoms with Crippen molar-refractivity contribution in [2.45, 2.75) is 4.90 Å².